The van der Waals surface area contributed by atoms with Crippen LogP contribution in [-0.4, -0.2) is 5.78 Å². The van der Waals surface area contributed by atoms with Crippen molar-refractivity contribution in [1.82, 2.24) is 0 Å². The number of ketones is 1. The molecule has 0 N–H and O–H groups in total. The Morgan fingerprint density at radius 1 is 1.18 bits per heavy atom. The van der Waals surface area contributed by atoms with Gasteiger partial charge in [-0.05, 0) is 36.3 Å². The van der Waals surface area contributed by atoms with Gasteiger partial charge in [0.2, 0.25) is 0 Å². The lowest BCUT2D eigenvalue weighted by molar-refractivity contribution is 0.0951. The first-order valence-corrected chi connectivity index (χ1v) is 6.90. The summed E-state index contributed by atoms with van der Waals surface area (Å²) in [4.78, 5) is 13.9. The summed E-state index contributed by atoms with van der Waals surface area (Å²) in [7, 11) is 0. The van der Waals surface area contributed by atoms with Crippen molar-refractivity contribution < 1.29 is 4.79 Å². The van der Waals surface area contributed by atoms with Crippen LogP contribution < -0.4 is 0 Å². The lowest BCUT2D eigenvalue weighted by Gasteiger charge is -2.21. The first kappa shape index (κ1) is 10.7. The fourth-order valence-electron chi connectivity index (χ4n) is 2.56. The summed E-state index contributed by atoms with van der Waals surface area (Å²) < 4.78 is 0. The maximum Gasteiger partial charge on any atom is 0.170 e. The van der Waals surface area contributed by atoms with E-state index >= 15 is 0 Å². The number of aryl methyl sites for hydroxylation is 1. The highest BCUT2D eigenvalue weighted by molar-refractivity contribution is 7.10. The van der Waals surface area contributed by atoms with Gasteiger partial charge in [0.1, 0.15) is 0 Å². The Morgan fingerprint density at radius 2 is 2.00 bits per heavy atom. The van der Waals surface area contributed by atoms with Crippen molar-refractivity contribution in [1.29, 1.82) is 0 Å². The number of fused-ring (bicyclic) bond motifs is 1. The summed E-state index contributed by atoms with van der Waals surface area (Å²) in [5, 5.41) is 2.11. The van der Waals surface area contributed by atoms with Crippen molar-refractivity contribution >= 4 is 17.1 Å². The molecule has 1 nitrogen and oxygen atoms in total. The molecule has 1 aromatic heterocycles. The van der Waals surface area contributed by atoms with Crippen LogP contribution in [0.3, 0.4) is 0 Å². The molecule has 1 atom stereocenters. The summed E-state index contributed by atoms with van der Waals surface area (Å²) in [6, 6.07) is 11.8. The third-order valence-corrected chi connectivity index (χ3v) is 4.42. The van der Waals surface area contributed by atoms with E-state index in [1.54, 1.807) is 11.3 Å². The summed E-state index contributed by atoms with van der Waals surface area (Å²) in [5.41, 5.74) is 2.12. The van der Waals surface area contributed by atoms with E-state index in [1.807, 2.05) is 30.3 Å². The molecule has 0 saturated heterocycles. The average molecular weight is 242 g/mol. The van der Waals surface area contributed by atoms with Crippen molar-refractivity contribution in [2.24, 2.45) is 0 Å². The Kier molecular flexibility index (Phi) is 2.81. The first-order valence-electron chi connectivity index (χ1n) is 6.02. The molecule has 1 aliphatic carbocycles. The van der Waals surface area contributed by atoms with Crippen molar-refractivity contribution in [3.05, 3.63) is 57.8 Å². The fourth-order valence-corrected chi connectivity index (χ4v) is 3.55. The molecular formula is C15H14OS. The summed E-state index contributed by atoms with van der Waals surface area (Å²) in [6.07, 6.45) is 3.28. The molecule has 0 fully saturated rings. The number of benzene rings is 1. The third kappa shape index (κ3) is 1.93. The summed E-state index contributed by atoms with van der Waals surface area (Å²) in [6.45, 7) is 0. The lowest BCUT2D eigenvalue weighted by atomic mass is 9.82. The molecule has 1 heterocycles. The Labute approximate surface area is 105 Å². The smallest absolute Gasteiger partial charge is 0.170 e. The Bertz CT molecular complexity index is 527. The average Bonchev–Trinajstić information content (AvgIpc) is 2.87. The number of rotatable bonds is 2. The van der Waals surface area contributed by atoms with E-state index in [4.69, 9.17) is 0 Å². The van der Waals surface area contributed by atoms with Gasteiger partial charge in [-0.25, -0.2) is 0 Å². The minimum absolute atomic E-state index is 0.0902. The van der Waals surface area contributed by atoms with Crippen LogP contribution in [0.25, 0.3) is 0 Å². The largest absolute Gasteiger partial charge is 0.293 e. The van der Waals surface area contributed by atoms with Crippen LogP contribution in [-0.2, 0) is 6.42 Å². The van der Waals surface area contributed by atoms with Gasteiger partial charge in [-0.2, -0.15) is 0 Å². The SMILES string of the molecule is O=C(c1ccccc1)C1CCCc2sccc21. The highest BCUT2D eigenvalue weighted by atomic mass is 32.1. The highest BCUT2D eigenvalue weighted by Crippen LogP contribution is 2.36. The first-order chi connectivity index (χ1) is 8.36. The molecule has 1 aromatic carbocycles. The lowest BCUT2D eigenvalue weighted by Crippen LogP contribution is -2.17. The minimum atomic E-state index is 0.0902. The predicted octanol–water partition coefficient (Wildman–Crippen LogP) is 4.05. The minimum Gasteiger partial charge on any atom is -0.293 e. The number of hydrogen-bond donors (Lipinski definition) is 0. The zero-order chi connectivity index (χ0) is 11.7. The number of carbonyl (C=O) groups is 1. The summed E-state index contributed by atoms with van der Waals surface area (Å²) in [5.74, 6) is 0.373. The maximum absolute atomic E-state index is 12.5. The van der Waals surface area contributed by atoms with Gasteiger partial charge >= 0.3 is 0 Å². The molecule has 17 heavy (non-hydrogen) atoms. The van der Waals surface area contributed by atoms with E-state index in [2.05, 4.69) is 11.4 Å². The predicted molar refractivity (Wildman–Crippen MR) is 70.8 cm³/mol. The molecule has 0 radical (unpaired) electrons. The maximum atomic E-state index is 12.5. The second kappa shape index (κ2) is 4.46. The van der Waals surface area contributed by atoms with Crippen molar-refractivity contribution in [3.8, 4) is 0 Å². The molecular weight excluding hydrogens is 228 g/mol. The summed E-state index contributed by atoms with van der Waals surface area (Å²) >= 11 is 1.79. The zero-order valence-corrected chi connectivity index (χ0v) is 10.4. The van der Waals surface area contributed by atoms with Crippen LogP contribution in [0.15, 0.2) is 41.8 Å². The molecule has 0 amide bonds. The number of thiophene rings is 1. The second-order valence-electron chi connectivity index (χ2n) is 4.47. The number of carbonyl (C=O) groups excluding carboxylic acids is 1. The van der Waals surface area contributed by atoms with E-state index in [0.29, 0.717) is 0 Å². The van der Waals surface area contributed by atoms with Crippen molar-refractivity contribution in [3.63, 3.8) is 0 Å². The molecule has 1 aliphatic rings. The van der Waals surface area contributed by atoms with Gasteiger partial charge in [0.25, 0.3) is 0 Å². The quantitative estimate of drug-likeness (QED) is 0.726. The Balaban J connectivity index is 1.95. The molecule has 3 rings (SSSR count). The Hall–Kier alpha value is -1.41. The molecule has 0 aliphatic heterocycles. The topological polar surface area (TPSA) is 17.1 Å². The fraction of sp³-hybridized carbons (Fsp3) is 0.267. The second-order valence-corrected chi connectivity index (χ2v) is 5.47. The van der Waals surface area contributed by atoms with Gasteiger partial charge in [0, 0.05) is 16.4 Å². The van der Waals surface area contributed by atoms with Crippen molar-refractivity contribution in [2.45, 2.75) is 25.2 Å². The molecule has 2 aromatic rings. The molecule has 1 unspecified atom stereocenters. The molecule has 0 bridgehead atoms. The van der Waals surface area contributed by atoms with Crippen LogP contribution in [0.1, 0.15) is 39.6 Å². The van der Waals surface area contributed by atoms with Crippen molar-refractivity contribution in [2.75, 3.05) is 0 Å². The Morgan fingerprint density at radius 3 is 2.82 bits per heavy atom. The van der Waals surface area contributed by atoms with Gasteiger partial charge in [-0.3, -0.25) is 4.79 Å². The van der Waals surface area contributed by atoms with Gasteiger partial charge in [0.15, 0.2) is 5.78 Å². The highest BCUT2D eigenvalue weighted by Gasteiger charge is 2.27. The van der Waals surface area contributed by atoms with E-state index in [9.17, 15) is 4.79 Å². The number of hydrogen-bond acceptors (Lipinski definition) is 2. The van der Waals surface area contributed by atoms with Crippen LogP contribution >= 0.6 is 11.3 Å². The zero-order valence-electron chi connectivity index (χ0n) is 9.56. The van der Waals surface area contributed by atoms with Gasteiger partial charge in [0.05, 0.1) is 0 Å². The molecule has 0 saturated carbocycles. The number of Topliss-reactive ketones (excluding diaryl/α,β-unsaturated/α-hetero) is 1. The monoisotopic (exact) mass is 242 g/mol. The van der Waals surface area contributed by atoms with Gasteiger partial charge in [-0.1, -0.05) is 30.3 Å². The van der Waals surface area contributed by atoms with Gasteiger partial charge in [-0.15, -0.1) is 11.3 Å². The van der Waals surface area contributed by atoms with Crippen LogP contribution in [0, 0.1) is 0 Å². The van der Waals surface area contributed by atoms with Crippen LogP contribution in [0.2, 0.25) is 0 Å². The van der Waals surface area contributed by atoms with E-state index in [1.165, 1.54) is 10.4 Å². The molecule has 0 spiro atoms. The normalized spacial score (nSPS) is 18.7. The van der Waals surface area contributed by atoms with Crippen LogP contribution in [0.4, 0.5) is 0 Å². The van der Waals surface area contributed by atoms with E-state index < -0.39 is 0 Å². The van der Waals surface area contributed by atoms with E-state index in [-0.39, 0.29) is 11.7 Å². The molecule has 86 valence electrons. The van der Waals surface area contributed by atoms with E-state index in [0.717, 1.165) is 24.8 Å². The van der Waals surface area contributed by atoms with Gasteiger partial charge < -0.3 is 0 Å². The molecule has 2 heteroatoms. The van der Waals surface area contributed by atoms with Crippen LogP contribution in [0.5, 0.6) is 0 Å². The standard InChI is InChI=1S/C15H14OS/c16-15(11-5-2-1-3-6-11)13-7-4-8-14-12(13)9-10-17-14/h1-3,5-6,9-10,13H,4,7-8H2. The third-order valence-electron chi connectivity index (χ3n) is 3.43.